The van der Waals surface area contributed by atoms with E-state index in [0.717, 1.165) is 25.9 Å². The summed E-state index contributed by atoms with van der Waals surface area (Å²) < 4.78 is 0. The smallest absolute Gasteiger partial charge is 0.265 e. The third-order valence-corrected chi connectivity index (χ3v) is 4.27. The number of hydrogen-bond acceptors (Lipinski definition) is 6. The number of nitrogen functional groups attached to an aromatic ring is 1. The van der Waals surface area contributed by atoms with Crippen LogP contribution in [-0.4, -0.2) is 48.4 Å². The molecule has 0 saturated carbocycles. The average molecular weight is 297 g/mol. The second-order valence-corrected chi connectivity index (χ2v) is 5.61. The molecule has 1 fully saturated rings. The van der Waals surface area contributed by atoms with Gasteiger partial charge >= 0.3 is 0 Å². The number of rotatable bonds is 4. The van der Waals surface area contributed by atoms with Gasteiger partial charge in [0.15, 0.2) is 5.13 Å². The number of nitrogens with one attached hydrogen (secondary N) is 2. The number of carbonyl (C=O) groups is 2. The number of nitrogens with zero attached hydrogens (tertiary/aromatic N) is 2. The summed E-state index contributed by atoms with van der Waals surface area (Å²) in [6.45, 7) is 1.56. The van der Waals surface area contributed by atoms with E-state index in [1.165, 1.54) is 17.8 Å². The molecule has 1 saturated heterocycles. The Morgan fingerprint density at radius 2 is 2.05 bits per heavy atom. The summed E-state index contributed by atoms with van der Waals surface area (Å²) in [5, 5.41) is 6.02. The Balaban J connectivity index is 1.87. The molecule has 110 valence electrons. The van der Waals surface area contributed by atoms with Crippen LogP contribution in [0, 0.1) is 0 Å². The first-order valence-corrected chi connectivity index (χ1v) is 7.43. The Morgan fingerprint density at radius 3 is 2.65 bits per heavy atom. The molecule has 0 bridgehead atoms. The van der Waals surface area contributed by atoms with Gasteiger partial charge in [-0.2, -0.15) is 0 Å². The van der Waals surface area contributed by atoms with Crippen molar-refractivity contribution in [3.05, 3.63) is 4.88 Å². The lowest BCUT2D eigenvalue weighted by Crippen LogP contribution is -2.42. The molecule has 0 spiro atoms. The van der Waals surface area contributed by atoms with Gasteiger partial charge in [-0.3, -0.25) is 9.59 Å². The van der Waals surface area contributed by atoms with Crippen LogP contribution in [0.1, 0.15) is 28.9 Å². The zero-order chi connectivity index (χ0) is 14.5. The number of nitrogens with two attached hydrogens (primary N) is 1. The van der Waals surface area contributed by atoms with Crippen molar-refractivity contribution < 1.29 is 9.59 Å². The lowest BCUT2D eigenvalue weighted by atomic mass is 10.1. The van der Waals surface area contributed by atoms with Gasteiger partial charge in [-0.25, -0.2) is 4.98 Å². The second-order valence-electron chi connectivity index (χ2n) is 4.61. The van der Waals surface area contributed by atoms with Crippen molar-refractivity contribution in [2.24, 2.45) is 0 Å². The maximum atomic E-state index is 12.0. The van der Waals surface area contributed by atoms with E-state index in [0.29, 0.717) is 10.0 Å². The highest BCUT2D eigenvalue weighted by atomic mass is 32.1. The van der Waals surface area contributed by atoms with Crippen LogP contribution < -0.4 is 16.4 Å². The SMILES string of the molecule is CNc1nc(N)c(C(=O)NCC(=O)N2CCCCC2)s1. The van der Waals surface area contributed by atoms with Gasteiger partial charge in [0.1, 0.15) is 10.7 Å². The third kappa shape index (κ3) is 3.38. The maximum absolute atomic E-state index is 12.0. The van der Waals surface area contributed by atoms with Crippen molar-refractivity contribution in [1.82, 2.24) is 15.2 Å². The van der Waals surface area contributed by atoms with Gasteiger partial charge in [0.05, 0.1) is 6.54 Å². The first-order chi connectivity index (χ1) is 9.61. The van der Waals surface area contributed by atoms with Crippen LogP contribution in [0.3, 0.4) is 0 Å². The molecule has 0 radical (unpaired) electrons. The van der Waals surface area contributed by atoms with Crippen LogP contribution in [0.15, 0.2) is 0 Å². The molecule has 0 unspecified atom stereocenters. The van der Waals surface area contributed by atoms with E-state index in [-0.39, 0.29) is 24.2 Å². The van der Waals surface area contributed by atoms with Crippen molar-refractivity contribution in [2.75, 3.05) is 37.7 Å². The van der Waals surface area contributed by atoms with Crippen LogP contribution in [0.25, 0.3) is 0 Å². The molecule has 1 aromatic heterocycles. The number of amides is 2. The van der Waals surface area contributed by atoms with E-state index in [9.17, 15) is 9.59 Å². The van der Waals surface area contributed by atoms with Crippen LogP contribution >= 0.6 is 11.3 Å². The van der Waals surface area contributed by atoms with E-state index in [2.05, 4.69) is 15.6 Å². The minimum atomic E-state index is -0.355. The monoisotopic (exact) mass is 297 g/mol. The summed E-state index contributed by atoms with van der Waals surface area (Å²) >= 11 is 1.17. The molecule has 7 nitrogen and oxygen atoms in total. The Hall–Kier alpha value is -1.83. The first-order valence-electron chi connectivity index (χ1n) is 6.62. The minimum Gasteiger partial charge on any atom is -0.382 e. The van der Waals surface area contributed by atoms with Crippen molar-refractivity contribution >= 4 is 34.1 Å². The third-order valence-electron chi connectivity index (χ3n) is 3.18. The van der Waals surface area contributed by atoms with Crippen LogP contribution in [0.4, 0.5) is 10.9 Å². The molecule has 2 amide bonds. The van der Waals surface area contributed by atoms with Gasteiger partial charge in [-0.15, -0.1) is 0 Å². The number of hydrogen-bond donors (Lipinski definition) is 3. The van der Waals surface area contributed by atoms with Gasteiger partial charge in [0, 0.05) is 20.1 Å². The van der Waals surface area contributed by atoms with Crippen molar-refractivity contribution in [3.63, 3.8) is 0 Å². The molecule has 1 aliphatic heterocycles. The minimum absolute atomic E-state index is 0.00502. The number of anilines is 2. The van der Waals surface area contributed by atoms with Gasteiger partial charge in [-0.1, -0.05) is 11.3 Å². The van der Waals surface area contributed by atoms with Crippen LogP contribution in [0.2, 0.25) is 0 Å². The fraction of sp³-hybridized carbons (Fsp3) is 0.583. The van der Waals surface area contributed by atoms with E-state index in [1.807, 2.05) is 0 Å². The van der Waals surface area contributed by atoms with Gasteiger partial charge in [0.25, 0.3) is 5.91 Å². The van der Waals surface area contributed by atoms with Crippen LogP contribution in [0.5, 0.6) is 0 Å². The number of aromatic nitrogens is 1. The lowest BCUT2D eigenvalue weighted by Gasteiger charge is -2.26. The van der Waals surface area contributed by atoms with Crippen molar-refractivity contribution in [1.29, 1.82) is 0 Å². The van der Waals surface area contributed by atoms with Crippen molar-refractivity contribution in [3.8, 4) is 0 Å². The quantitative estimate of drug-likeness (QED) is 0.752. The highest BCUT2D eigenvalue weighted by molar-refractivity contribution is 7.18. The molecule has 1 aliphatic rings. The molecule has 2 heterocycles. The normalized spacial score (nSPS) is 14.9. The van der Waals surface area contributed by atoms with Gasteiger partial charge < -0.3 is 21.3 Å². The predicted octanol–water partition coefficient (Wildman–Crippen LogP) is 0.509. The average Bonchev–Trinajstić information content (AvgIpc) is 2.86. The summed E-state index contributed by atoms with van der Waals surface area (Å²) in [5.41, 5.74) is 5.67. The summed E-state index contributed by atoms with van der Waals surface area (Å²) in [5.74, 6) is -0.218. The first kappa shape index (κ1) is 14.6. The topological polar surface area (TPSA) is 100 Å². The maximum Gasteiger partial charge on any atom is 0.265 e. The summed E-state index contributed by atoms with van der Waals surface area (Å²) in [6.07, 6.45) is 3.24. The number of piperidine rings is 1. The van der Waals surface area contributed by atoms with Crippen LogP contribution in [-0.2, 0) is 4.79 Å². The van der Waals surface area contributed by atoms with E-state index >= 15 is 0 Å². The summed E-state index contributed by atoms with van der Waals surface area (Å²) in [6, 6.07) is 0. The molecule has 0 aromatic carbocycles. The number of thiazole rings is 1. The zero-order valence-electron chi connectivity index (χ0n) is 11.4. The van der Waals surface area contributed by atoms with Crippen molar-refractivity contribution in [2.45, 2.75) is 19.3 Å². The highest BCUT2D eigenvalue weighted by Crippen LogP contribution is 2.24. The van der Waals surface area contributed by atoms with Gasteiger partial charge in [-0.05, 0) is 19.3 Å². The van der Waals surface area contributed by atoms with Gasteiger partial charge in [0.2, 0.25) is 5.91 Å². The molecule has 2 rings (SSSR count). The Bertz CT molecular complexity index is 496. The fourth-order valence-electron chi connectivity index (χ4n) is 2.09. The van der Waals surface area contributed by atoms with E-state index in [1.54, 1.807) is 11.9 Å². The molecular formula is C12H19N5O2S. The Kier molecular flexibility index (Phi) is 4.78. The largest absolute Gasteiger partial charge is 0.382 e. The van der Waals surface area contributed by atoms with E-state index in [4.69, 9.17) is 5.73 Å². The summed E-state index contributed by atoms with van der Waals surface area (Å²) in [7, 11) is 1.71. The standard InChI is InChI=1S/C12H19N5O2S/c1-14-12-16-10(13)9(20-12)11(19)15-7-8(18)17-5-3-2-4-6-17/h2-7,13H2,1H3,(H,14,16)(H,15,19). The fourth-order valence-corrected chi connectivity index (χ4v) is 2.85. The zero-order valence-corrected chi connectivity index (χ0v) is 12.3. The number of likely N-dealkylation sites (tertiary alicyclic amines) is 1. The second kappa shape index (κ2) is 6.56. The molecular weight excluding hydrogens is 278 g/mol. The number of carbonyl (C=O) groups excluding carboxylic acids is 2. The summed E-state index contributed by atoms with van der Waals surface area (Å²) in [4.78, 5) is 30.0. The Morgan fingerprint density at radius 1 is 1.35 bits per heavy atom. The molecule has 4 N–H and O–H groups in total. The molecule has 0 aliphatic carbocycles. The lowest BCUT2D eigenvalue weighted by molar-refractivity contribution is -0.130. The van der Waals surface area contributed by atoms with E-state index < -0.39 is 0 Å². The predicted molar refractivity (Wildman–Crippen MR) is 78.8 cm³/mol. The highest BCUT2D eigenvalue weighted by Gasteiger charge is 2.19. The molecule has 1 aromatic rings. The Labute approximate surface area is 121 Å². The molecule has 20 heavy (non-hydrogen) atoms. The molecule has 0 atom stereocenters. The molecule has 8 heteroatoms.